The van der Waals surface area contributed by atoms with Gasteiger partial charge < -0.3 is 15.4 Å². The van der Waals surface area contributed by atoms with Crippen LogP contribution in [-0.2, 0) is 11.3 Å². The number of benzene rings is 1. The number of ether oxygens (including phenoxy) is 1. The van der Waals surface area contributed by atoms with Crippen molar-refractivity contribution in [2.75, 3.05) is 26.8 Å². The normalized spacial score (nSPS) is 10.7. The molecular weight excluding hydrogens is 341 g/mol. The number of aliphatic imine (C=N–C) groups is 1. The molecule has 0 aliphatic carbocycles. The van der Waals surface area contributed by atoms with Crippen LogP contribution in [-0.4, -0.2) is 32.8 Å². The number of methoxy groups -OCH3 is 1. The summed E-state index contributed by atoms with van der Waals surface area (Å²) >= 11 is 0. The minimum absolute atomic E-state index is 0. The van der Waals surface area contributed by atoms with Gasteiger partial charge in [-0.05, 0) is 12.5 Å². The lowest BCUT2D eigenvalue weighted by atomic mass is 10.2. The lowest BCUT2D eigenvalue weighted by Crippen LogP contribution is -2.38. The van der Waals surface area contributed by atoms with Gasteiger partial charge in [0.2, 0.25) is 0 Å². The van der Waals surface area contributed by atoms with Gasteiger partial charge in [0.15, 0.2) is 5.96 Å². The van der Waals surface area contributed by atoms with Gasteiger partial charge in [-0.2, -0.15) is 0 Å². The van der Waals surface area contributed by atoms with Crippen molar-refractivity contribution in [3.8, 4) is 0 Å². The Hall–Kier alpha value is -0.820. The van der Waals surface area contributed by atoms with Crippen LogP contribution in [0.3, 0.4) is 0 Å². The monoisotopic (exact) mass is 363 g/mol. The summed E-state index contributed by atoms with van der Waals surface area (Å²) in [7, 11) is 1.69. The quantitative estimate of drug-likeness (QED) is 0.352. The molecule has 0 spiro atoms. The molecule has 0 atom stereocenters. The van der Waals surface area contributed by atoms with Crippen LogP contribution in [0.25, 0.3) is 0 Å². The van der Waals surface area contributed by atoms with Gasteiger partial charge in [-0.25, -0.2) is 4.99 Å². The molecule has 5 heteroatoms. The van der Waals surface area contributed by atoms with Crippen LogP contribution < -0.4 is 10.6 Å². The van der Waals surface area contributed by atoms with Crippen LogP contribution in [0.2, 0.25) is 0 Å². The maximum absolute atomic E-state index is 4.99. The predicted molar refractivity (Wildman–Crippen MR) is 86.6 cm³/mol. The summed E-state index contributed by atoms with van der Waals surface area (Å²) in [6.45, 7) is 5.03. The predicted octanol–water partition coefficient (Wildman–Crippen LogP) is 2.01. The first-order chi connectivity index (χ1) is 8.36. The molecule has 0 aromatic heterocycles. The minimum atomic E-state index is 0. The third kappa shape index (κ3) is 7.50. The summed E-state index contributed by atoms with van der Waals surface area (Å²) in [6.07, 6.45) is 0. The SMILES string of the molecule is CCNC(=NCc1ccccc1)NCCOC.I. The van der Waals surface area contributed by atoms with E-state index in [1.165, 1.54) is 5.56 Å². The second-order valence-electron chi connectivity index (χ2n) is 3.60. The lowest BCUT2D eigenvalue weighted by molar-refractivity contribution is 0.203. The van der Waals surface area contributed by atoms with E-state index in [1.807, 2.05) is 18.2 Å². The molecule has 1 aromatic carbocycles. The third-order valence-electron chi connectivity index (χ3n) is 2.21. The molecule has 0 aliphatic heterocycles. The van der Waals surface area contributed by atoms with Crippen molar-refractivity contribution in [2.45, 2.75) is 13.5 Å². The van der Waals surface area contributed by atoms with E-state index in [-0.39, 0.29) is 24.0 Å². The largest absolute Gasteiger partial charge is 0.383 e. The Balaban J connectivity index is 0.00000289. The van der Waals surface area contributed by atoms with E-state index >= 15 is 0 Å². The van der Waals surface area contributed by atoms with Gasteiger partial charge in [-0.15, -0.1) is 24.0 Å². The van der Waals surface area contributed by atoms with Gasteiger partial charge in [0.1, 0.15) is 0 Å². The molecule has 0 heterocycles. The van der Waals surface area contributed by atoms with Crippen LogP contribution in [0.4, 0.5) is 0 Å². The van der Waals surface area contributed by atoms with Crippen molar-refractivity contribution in [3.05, 3.63) is 35.9 Å². The van der Waals surface area contributed by atoms with Crippen molar-refractivity contribution < 1.29 is 4.74 Å². The molecule has 0 unspecified atom stereocenters. The van der Waals surface area contributed by atoms with E-state index in [2.05, 4.69) is 34.7 Å². The first-order valence-electron chi connectivity index (χ1n) is 5.92. The number of nitrogens with zero attached hydrogens (tertiary/aromatic N) is 1. The highest BCUT2D eigenvalue weighted by molar-refractivity contribution is 14.0. The topological polar surface area (TPSA) is 45.7 Å². The highest BCUT2D eigenvalue weighted by Gasteiger charge is 1.96. The van der Waals surface area contributed by atoms with Crippen LogP contribution in [0, 0.1) is 0 Å². The Labute approximate surface area is 126 Å². The molecule has 4 nitrogen and oxygen atoms in total. The standard InChI is InChI=1S/C13H21N3O.HI/c1-3-14-13(15-9-10-17-2)16-11-12-7-5-4-6-8-12;/h4-8H,3,9-11H2,1-2H3,(H2,14,15,16);1H. The Morgan fingerprint density at radius 2 is 1.94 bits per heavy atom. The maximum Gasteiger partial charge on any atom is 0.191 e. The zero-order valence-corrected chi connectivity index (χ0v) is 13.3. The molecule has 2 N–H and O–H groups in total. The number of hydrogen-bond acceptors (Lipinski definition) is 2. The van der Waals surface area contributed by atoms with Crippen LogP contribution in [0.5, 0.6) is 0 Å². The smallest absolute Gasteiger partial charge is 0.191 e. The van der Waals surface area contributed by atoms with Gasteiger partial charge in [-0.3, -0.25) is 0 Å². The Kier molecular flexibility index (Phi) is 10.8. The number of guanidine groups is 1. The summed E-state index contributed by atoms with van der Waals surface area (Å²) in [5.41, 5.74) is 1.21. The van der Waals surface area contributed by atoms with E-state index in [1.54, 1.807) is 7.11 Å². The fraction of sp³-hybridized carbons (Fsp3) is 0.462. The van der Waals surface area contributed by atoms with Crippen molar-refractivity contribution in [1.29, 1.82) is 0 Å². The summed E-state index contributed by atoms with van der Waals surface area (Å²) in [5, 5.41) is 6.40. The second-order valence-corrected chi connectivity index (χ2v) is 3.60. The number of rotatable bonds is 6. The molecule has 1 rings (SSSR count). The molecule has 0 fully saturated rings. The van der Waals surface area contributed by atoms with Crippen LogP contribution in [0.15, 0.2) is 35.3 Å². The molecule has 0 saturated heterocycles. The van der Waals surface area contributed by atoms with Crippen molar-refractivity contribution in [2.24, 2.45) is 4.99 Å². The van der Waals surface area contributed by atoms with Gasteiger partial charge >= 0.3 is 0 Å². The summed E-state index contributed by atoms with van der Waals surface area (Å²) in [6, 6.07) is 10.2. The number of nitrogens with one attached hydrogen (secondary N) is 2. The number of halogens is 1. The molecule has 0 amide bonds. The van der Waals surface area contributed by atoms with E-state index < -0.39 is 0 Å². The fourth-order valence-electron chi connectivity index (χ4n) is 1.37. The first kappa shape index (κ1) is 17.2. The zero-order valence-electron chi connectivity index (χ0n) is 11.0. The van der Waals surface area contributed by atoms with Crippen LogP contribution >= 0.6 is 24.0 Å². The van der Waals surface area contributed by atoms with Crippen molar-refractivity contribution >= 4 is 29.9 Å². The highest BCUT2D eigenvalue weighted by Crippen LogP contribution is 1.99. The molecule has 102 valence electrons. The fourth-order valence-corrected chi connectivity index (χ4v) is 1.37. The Morgan fingerprint density at radius 1 is 1.22 bits per heavy atom. The molecule has 0 saturated carbocycles. The number of hydrogen-bond donors (Lipinski definition) is 2. The maximum atomic E-state index is 4.99. The zero-order chi connectivity index (χ0) is 12.3. The molecule has 18 heavy (non-hydrogen) atoms. The van der Waals surface area contributed by atoms with E-state index in [0.29, 0.717) is 13.2 Å². The summed E-state index contributed by atoms with van der Waals surface area (Å²) in [5.74, 6) is 0.827. The Bertz CT molecular complexity index is 330. The van der Waals surface area contributed by atoms with Crippen molar-refractivity contribution in [3.63, 3.8) is 0 Å². The lowest BCUT2D eigenvalue weighted by Gasteiger charge is -2.10. The highest BCUT2D eigenvalue weighted by atomic mass is 127. The van der Waals surface area contributed by atoms with E-state index in [4.69, 9.17) is 4.74 Å². The van der Waals surface area contributed by atoms with Gasteiger partial charge in [0, 0.05) is 20.2 Å². The first-order valence-corrected chi connectivity index (χ1v) is 5.92. The average Bonchev–Trinajstić information content (AvgIpc) is 2.37. The summed E-state index contributed by atoms with van der Waals surface area (Å²) in [4.78, 5) is 4.49. The third-order valence-corrected chi connectivity index (χ3v) is 2.21. The molecule has 0 aliphatic rings. The van der Waals surface area contributed by atoms with Gasteiger partial charge in [-0.1, -0.05) is 30.3 Å². The molecular formula is C13H22IN3O. The Morgan fingerprint density at radius 3 is 2.56 bits per heavy atom. The molecule has 0 bridgehead atoms. The van der Waals surface area contributed by atoms with Gasteiger partial charge in [0.05, 0.1) is 13.2 Å². The second kappa shape index (κ2) is 11.3. The average molecular weight is 363 g/mol. The van der Waals surface area contributed by atoms with Gasteiger partial charge in [0.25, 0.3) is 0 Å². The molecule has 1 aromatic rings. The van der Waals surface area contributed by atoms with E-state index in [9.17, 15) is 0 Å². The van der Waals surface area contributed by atoms with E-state index in [0.717, 1.165) is 19.0 Å². The van der Waals surface area contributed by atoms with Crippen molar-refractivity contribution in [1.82, 2.24) is 10.6 Å². The summed E-state index contributed by atoms with van der Waals surface area (Å²) < 4.78 is 4.99. The molecule has 0 radical (unpaired) electrons. The minimum Gasteiger partial charge on any atom is -0.383 e. The van der Waals surface area contributed by atoms with Crippen LogP contribution in [0.1, 0.15) is 12.5 Å².